The molecule has 1 aromatic carbocycles. The van der Waals surface area contributed by atoms with Gasteiger partial charge in [0.05, 0.1) is 12.5 Å². The lowest BCUT2D eigenvalue weighted by Gasteiger charge is -2.09. The van der Waals surface area contributed by atoms with Gasteiger partial charge in [0.1, 0.15) is 0 Å². The Bertz CT molecular complexity index is 331. The summed E-state index contributed by atoms with van der Waals surface area (Å²) < 4.78 is 0. The van der Waals surface area contributed by atoms with Gasteiger partial charge in [-0.15, -0.1) is 5.48 Å². The minimum absolute atomic E-state index is 0.103. The van der Waals surface area contributed by atoms with Crippen molar-refractivity contribution in [1.82, 2.24) is 5.48 Å². The van der Waals surface area contributed by atoms with Gasteiger partial charge in [-0.1, -0.05) is 43.2 Å². The number of hydrogen-bond acceptors (Lipinski definition) is 3. The van der Waals surface area contributed by atoms with Gasteiger partial charge in [-0.2, -0.15) is 0 Å². The molecule has 0 atom stereocenters. The summed E-state index contributed by atoms with van der Waals surface area (Å²) in [6, 6.07) is 9.90. The number of benzene rings is 1. The highest BCUT2D eigenvalue weighted by Crippen LogP contribution is 2.25. The van der Waals surface area contributed by atoms with Crippen molar-refractivity contribution < 1.29 is 9.63 Å². The van der Waals surface area contributed by atoms with Crippen LogP contribution in [0.15, 0.2) is 30.3 Å². The van der Waals surface area contributed by atoms with Crippen molar-refractivity contribution >= 4 is 5.97 Å². The van der Waals surface area contributed by atoms with Crippen LogP contribution in [0.5, 0.6) is 0 Å². The molecule has 1 saturated carbocycles. The average Bonchev–Trinajstić information content (AvgIpc) is 2.84. The Morgan fingerprint density at radius 2 is 1.94 bits per heavy atom. The minimum Gasteiger partial charge on any atom is -0.370 e. The maximum Gasteiger partial charge on any atom is 0.327 e. The summed E-state index contributed by atoms with van der Waals surface area (Å²) in [5, 5.41) is 0. The number of carbonyl (C=O) groups is 1. The van der Waals surface area contributed by atoms with Crippen LogP contribution in [-0.2, 0) is 16.2 Å². The van der Waals surface area contributed by atoms with Gasteiger partial charge >= 0.3 is 5.97 Å². The molecule has 2 rings (SSSR count). The van der Waals surface area contributed by atoms with Gasteiger partial charge in [0.15, 0.2) is 0 Å². The van der Waals surface area contributed by atoms with Crippen LogP contribution < -0.4 is 5.48 Å². The zero-order valence-corrected chi connectivity index (χ0v) is 9.32. The third kappa shape index (κ3) is 3.07. The van der Waals surface area contributed by atoms with E-state index in [0.717, 1.165) is 31.2 Å². The number of carbonyl (C=O) groups excluding carboxylic acids is 1. The van der Waals surface area contributed by atoms with Crippen LogP contribution in [0.4, 0.5) is 0 Å². The monoisotopic (exact) mass is 219 g/mol. The number of rotatable bonds is 4. The van der Waals surface area contributed by atoms with Crippen molar-refractivity contribution in [2.75, 3.05) is 0 Å². The molecule has 3 nitrogen and oxygen atoms in total. The molecule has 0 saturated heterocycles. The predicted molar refractivity (Wildman–Crippen MR) is 61.3 cm³/mol. The smallest absolute Gasteiger partial charge is 0.327 e. The maximum atomic E-state index is 11.6. The molecule has 1 aliphatic rings. The topological polar surface area (TPSA) is 38.3 Å². The number of nitrogens with one attached hydrogen (secondary N) is 1. The fraction of sp³-hybridized carbons (Fsp3) is 0.462. The van der Waals surface area contributed by atoms with Gasteiger partial charge in [-0.05, 0) is 18.4 Å². The average molecular weight is 219 g/mol. The molecule has 3 heteroatoms. The molecule has 1 aromatic rings. The van der Waals surface area contributed by atoms with Crippen LogP contribution >= 0.6 is 0 Å². The third-order valence-electron chi connectivity index (χ3n) is 2.98. The molecule has 0 aliphatic heterocycles. The Morgan fingerprint density at radius 3 is 2.62 bits per heavy atom. The van der Waals surface area contributed by atoms with Crippen molar-refractivity contribution in [1.29, 1.82) is 0 Å². The molecule has 0 aromatic heterocycles. The Labute approximate surface area is 95.8 Å². The zero-order chi connectivity index (χ0) is 11.2. The van der Waals surface area contributed by atoms with Crippen LogP contribution in [0.2, 0.25) is 0 Å². The molecule has 0 amide bonds. The Hall–Kier alpha value is -1.35. The van der Waals surface area contributed by atoms with E-state index < -0.39 is 0 Å². The van der Waals surface area contributed by atoms with Crippen LogP contribution in [0, 0.1) is 5.92 Å². The second-order valence-corrected chi connectivity index (χ2v) is 4.21. The highest BCUT2D eigenvalue weighted by molar-refractivity contribution is 5.72. The summed E-state index contributed by atoms with van der Waals surface area (Å²) in [7, 11) is 0. The van der Waals surface area contributed by atoms with E-state index >= 15 is 0 Å². The van der Waals surface area contributed by atoms with E-state index in [4.69, 9.17) is 4.84 Å². The first-order valence-electron chi connectivity index (χ1n) is 5.84. The molecular formula is C13H17NO2. The molecule has 0 spiro atoms. The fourth-order valence-corrected chi connectivity index (χ4v) is 2.03. The Morgan fingerprint density at radius 1 is 1.25 bits per heavy atom. The minimum atomic E-state index is -0.103. The van der Waals surface area contributed by atoms with E-state index in [1.807, 2.05) is 30.3 Å². The molecular weight excluding hydrogens is 202 g/mol. The highest BCUT2D eigenvalue weighted by atomic mass is 16.7. The summed E-state index contributed by atoms with van der Waals surface area (Å²) >= 11 is 0. The Balaban J connectivity index is 1.70. The van der Waals surface area contributed by atoms with Crippen LogP contribution in [0.25, 0.3) is 0 Å². The maximum absolute atomic E-state index is 11.6. The van der Waals surface area contributed by atoms with E-state index in [0.29, 0.717) is 6.54 Å². The molecule has 0 unspecified atom stereocenters. The van der Waals surface area contributed by atoms with E-state index in [-0.39, 0.29) is 11.9 Å². The first kappa shape index (κ1) is 11.1. The highest BCUT2D eigenvalue weighted by Gasteiger charge is 2.24. The summed E-state index contributed by atoms with van der Waals surface area (Å²) in [6.07, 6.45) is 4.26. The molecule has 0 heterocycles. The third-order valence-corrected chi connectivity index (χ3v) is 2.98. The zero-order valence-electron chi connectivity index (χ0n) is 9.32. The Kier molecular flexibility index (Phi) is 3.94. The first-order chi connectivity index (χ1) is 7.86. The van der Waals surface area contributed by atoms with Crippen LogP contribution in [0.3, 0.4) is 0 Å². The molecule has 0 bridgehead atoms. The van der Waals surface area contributed by atoms with Gasteiger partial charge in [0.25, 0.3) is 0 Å². The van der Waals surface area contributed by atoms with Crippen molar-refractivity contribution in [3.05, 3.63) is 35.9 Å². The van der Waals surface area contributed by atoms with E-state index in [1.54, 1.807) is 0 Å². The molecule has 1 N–H and O–H groups in total. The van der Waals surface area contributed by atoms with Crippen molar-refractivity contribution in [2.45, 2.75) is 32.2 Å². The van der Waals surface area contributed by atoms with E-state index in [9.17, 15) is 4.79 Å². The van der Waals surface area contributed by atoms with Crippen molar-refractivity contribution in [2.24, 2.45) is 5.92 Å². The largest absolute Gasteiger partial charge is 0.370 e. The normalized spacial score (nSPS) is 16.2. The van der Waals surface area contributed by atoms with E-state index in [1.165, 1.54) is 0 Å². The molecule has 1 fully saturated rings. The molecule has 1 aliphatic carbocycles. The number of hydrogen-bond donors (Lipinski definition) is 1. The second-order valence-electron chi connectivity index (χ2n) is 4.21. The lowest BCUT2D eigenvalue weighted by atomic mass is 10.1. The van der Waals surface area contributed by atoms with Gasteiger partial charge in [0, 0.05) is 0 Å². The van der Waals surface area contributed by atoms with Gasteiger partial charge in [-0.25, -0.2) is 0 Å². The van der Waals surface area contributed by atoms with Gasteiger partial charge < -0.3 is 4.84 Å². The molecule has 0 radical (unpaired) electrons. The van der Waals surface area contributed by atoms with Crippen LogP contribution in [-0.4, -0.2) is 5.97 Å². The lowest BCUT2D eigenvalue weighted by Crippen LogP contribution is -2.24. The molecule has 16 heavy (non-hydrogen) atoms. The lowest BCUT2D eigenvalue weighted by molar-refractivity contribution is -0.156. The summed E-state index contributed by atoms with van der Waals surface area (Å²) in [5.74, 6) is 0.0108. The van der Waals surface area contributed by atoms with E-state index in [2.05, 4.69) is 5.48 Å². The second kappa shape index (κ2) is 5.66. The van der Waals surface area contributed by atoms with Crippen LogP contribution in [0.1, 0.15) is 31.2 Å². The van der Waals surface area contributed by atoms with Gasteiger partial charge in [-0.3, -0.25) is 4.79 Å². The van der Waals surface area contributed by atoms with Crippen molar-refractivity contribution in [3.8, 4) is 0 Å². The predicted octanol–water partition coefficient (Wildman–Crippen LogP) is 2.42. The fourth-order valence-electron chi connectivity index (χ4n) is 2.03. The SMILES string of the molecule is O=C(ONCc1ccccc1)C1CCCC1. The summed E-state index contributed by atoms with van der Waals surface area (Å²) in [6.45, 7) is 0.569. The summed E-state index contributed by atoms with van der Waals surface area (Å²) in [4.78, 5) is 16.6. The van der Waals surface area contributed by atoms with Crippen molar-refractivity contribution in [3.63, 3.8) is 0 Å². The molecule has 86 valence electrons. The quantitative estimate of drug-likeness (QED) is 0.790. The number of hydroxylamine groups is 1. The standard InChI is InChI=1S/C13H17NO2/c15-13(12-8-4-5-9-12)16-14-10-11-6-2-1-3-7-11/h1-3,6-7,12,14H,4-5,8-10H2. The van der Waals surface area contributed by atoms with Gasteiger partial charge in [0.2, 0.25) is 0 Å². The first-order valence-corrected chi connectivity index (χ1v) is 5.84. The summed E-state index contributed by atoms with van der Waals surface area (Å²) in [5.41, 5.74) is 3.84.